The third kappa shape index (κ3) is 5.08. The highest BCUT2D eigenvalue weighted by Gasteiger charge is 2.20. The van der Waals surface area contributed by atoms with Gasteiger partial charge in [0.25, 0.3) is 0 Å². The number of nitrogens with one attached hydrogen (secondary N) is 2. The van der Waals surface area contributed by atoms with Crippen molar-refractivity contribution in [1.82, 2.24) is 25.1 Å². The second-order valence-electron chi connectivity index (χ2n) is 8.72. The number of H-pyrrole nitrogens is 1. The second-order valence-corrected chi connectivity index (χ2v) is 9.75. The molecule has 0 saturated heterocycles. The van der Waals surface area contributed by atoms with Gasteiger partial charge in [0.1, 0.15) is 0 Å². The van der Waals surface area contributed by atoms with Crippen LogP contribution in [0.4, 0.5) is 11.6 Å². The lowest BCUT2D eigenvalue weighted by Gasteiger charge is -2.14. The number of anilines is 2. The minimum atomic E-state index is 0.0114. The number of ketones is 1. The molecule has 4 rings (SSSR count). The molecule has 8 heteroatoms. The maximum Gasteiger partial charge on any atom is 0.227 e. The predicted molar refractivity (Wildman–Crippen MR) is 128 cm³/mol. The molecule has 0 aliphatic heterocycles. The van der Waals surface area contributed by atoms with Gasteiger partial charge in [-0.05, 0) is 42.0 Å². The number of aryl methyl sites for hydroxylation is 2. The number of carbonyl (C=O) groups excluding carboxylic acids is 1. The van der Waals surface area contributed by atoms with Gasteiger partial charge in [-0.25, -0.2) is 15.0 Å². The number of thiazole rings is 1. The minimum Gasteiger partial charge on any atom is -0.321 e. The molecule has 0 fully saturated rings. The van der Waals surface area contributed by atoms with Crippen molar-refractivity contribution < 1.29 is 4.79 Å². The molecule has 2 N–H and O–H groups in total. The molecule has 32 heavy (non-hydrogen) atoms. The first kappa shape index (κ1) is 21.8. The zero-order chi connectivity index (χ0) is 22.7. The van der Waals surface area contributed by atoms with E-state index in [4.69, 9.17) is 0 Å². The van der Waals surface area contributed by atoms with Gasteiger partial charge < -0.3 is 5.32 Å². The topological polar surface area (TPSA) is 96.5 Å². The largest absolute Gasteiger partial charge is 0.321 e. The third-order valence-electron chi connectivity index (χ3n) is 5.15. The van der Waals surface area contributed by atoms with Crippen LogP contribution >= 0.6 is 11.3 Å². The molecule has 4 aromatic rings. The molecule has 164 valence electrons. The van der Waals surface area contributed by atoms with Gasteiger partial charge in [0.2, 0.25) is 5.95 Å². The van der Waals surface area contributed by atoms with Gasteiger partial charge in [0.15, 0.2) is 10.8 Å². The molecule has 3 heterocycles. The zero-order valence-electron chi connectivity index (χ0n) is 18.6. The molecule has 0 amide bonds. The van der Waals surface area contributed by atoms with Crippen molar-refractivity contribution in [3.8, 4) is 11.3 Å². The Kier molecular flexibility index (Phi) is 6.14. The molecule has 1 aromatic carbocycles. The van der Waals surface area contributed by atoms with E-state index in [1.807, 2.05) is 18.3 Å². The fourth-order valence-electron chi connectivity index (χ4n) is 3.27. The first-order valence-electron chi connectivity index (χ1n) is 10.5. The van der Waals surface area contributed by atoms with Crippen LogP contribution in [0.2, 0.25) is 0 Å². The van der Waals surface area contributed by atoms with E-state index < -0.39 is 0 Å². The summed E-state index contributed by atoms with van der Waals surface area (Å²) in [6, 6.07) is 8.10. The lowest BCUT2D eigenvalue weighted by Crippen LogP contribution is -2.08. The van der Waals surface area contributed by atoms with Gasteiger partial charge in [-0.1, -0.05) is 32.9 Å². The van der Waals surface area contributed by atoms with Crippen LogP contribution in [0.25, 0.3) is 11.3 Å². The molecule has 0 aliphatic carbocycles. The minimum absolute atomic E-state index is 0.0114. The van der Waals surface area contributed by atoms with Crippen LogP contribution in [-0.2, 0) is 11.8 Å². The number of hydrogen-bond donors (Lipinski definition) is 2. The Morgan fingerprint density at radius 1 is 1.16 bits per heavy atom. The number of Topliss-reactive ketones (excluding diaryl/α,β-unsaturated/α-hetero) is 1. The molecular weight excluding hydrogens is 420 g/mol. The molecular formula is C24H26N6OS. The Labute approximate surface area is 191 Å². The number of carbonyl (C=O) groups is 1. The Morgan fingerprint density at radius 3 is 2.69 bits per heavy atom. The summed E-state index contributed by atoms with van der Waals surface area (Å²) in [6.45, 7) is 8.46. The van der Waals surface area contributed by atoms with Gasteiger partial charge in [0, 0.05) is 35.5 Å². The first-order valence-corrected chi connectivity index (χ1v) is 11.3. The summed E-state index contributed by atoms with van der Waals surface area (Å²) in [6.07, 6.45) is 8.11. The Morgan fingerprint density at radius 2 is 2.00 bits per heavy atom. The van der Waals surface area contributed by atoms with E-state index in [0.29, 0.717) is 23.8 Å². The van der Waals surface area contributed by atoms with E-state index in [9.17, 15) is 4.79 Å². The summed E-state index contributed by atoms with van der Waals surface area (Å²) in [5, 5.41) is 10.4. The number of aromatic amines is 1. The number of rotatable bonds is 7. The third-order valence-corrected chi connectivity index (χ3v) is 6.62. The second kappa shape index (κ2) is 9.00. The summed E-state index contributed by atoms with van der Waals surface area (Å²) in [5.41, 5.74) is 4.93. The normalized spacial score (nSPS) is 11.5. The van der Waals surface area contributed by atoms with Crippen LogP contribution in [-0.4, -0.2) is 30.9 Å². The van der Waals surface area contributed by atoms with Crippen molar-refractivity contribution in [3.63, 3.8) is 0 Å². The molecule has 0 bridgehead atoms. The van der Waals surface area contributed by atoms with Crippen molar-refractivity contribution >= 4 is 28.8 Å². The van der Waals surface area contributed by atoms with E-state index in [1.165, 1.54) is 11.3 Å². The molecule has 0 radical (unpaired) electrons. The molecule has 3 aromatic heterocycles. The van der Waals surface area contributed by atoms with Gasteiger partial charge in [0.05, 0.1) is 17.6 Å². The molecule has 0 unspecified atom stereocenters. The van der Waals surface area contributed by atoms with Crippen LogP contribution in [0.1, 0.15) is 53.0 Å². The number of hydrogen-bond acceptors (Lipinski definition) is 7. The van der Waals surface area contributed by atoms with Gasteiger partial charge in [-0.3, -0.25) is 9.89 Å². The number of aromatic nitrogens is 5. The van der Waals surface area contributed by atoms with Crippen molar-refractivity contribution in [2.24, 2.45) is 0 Å². The van der Waals surface area contributed by atoms with E-state index in [1.54, 1.807) is 18.6 Å². The highest BCUT2D eigenvalue weighted by atomic mass is 32.1. The van der Waals surface area contributed by atoms with E-state index >= 15 is 0 Å². The number of benzene rings is 1. The van der Waals surface area contributed by atoms with E-state index in [2.05, 4.69) is 70.3 Å². The maximum atomic E-state index is 12.6. The Hall–Kier alpha value is -3.39. The fourth-order valence-corrected chi connectivity index (χ4v) is 4.21. The van der Waals surface area contributed by atoms with Crippen molar-refractivity contribution in [2.45, 2.75) is 46.0 Å². The van der Waals surface area contributed by atoms with Crippen molar-refractivity contribution in [2.75, 3.05) is 5.32 Å². The molecule has 0 atom stereocenters. The maximum absolute atomic E-state index is 12.6. The summed E-state index contributed by atoms with van der Waals surface area (Å²) < 4.78 is 0. The summed E-state index contributed by atoms with van der Waals surface area (Å²) in [7, 11) is 0. The van der Waals surface area contributed by atoms with Crippen LogP contribution < -0.4 is 5.32 Å². The average Bonchev–Trinajstić information content (AvgIpc) is 3.45. The highest BCUT2D eigenvalue weighted by Crippen LogP contribution is 2.29. The zero-order valence-corrected chi connectivity index (χ0v) is 19.5. The van der Waals surface area contributed by atoms with Crippen LogP contribution in [0.5, 0.6) is 0 Å². The van der Waals surface area contributed by atoms with Crippen LogP contribution in [0, 0.1) is 6.92 Å². The molecule has 0 spiro atoms. The SMILES string of the molecule is Cc1cc(-c2ccnc(Nc3cn[nH]c3)n2)ccc1CCC(=O)c1ncc(C(C)(C)C)s1. The lowest BCUT2D eigenvalue weighted by atomic mass is 9.96. The highest BCUT2D eigenvalue weighted by molar-refractivity contribution is 7.13. The standard InChI is InChI=1S/C24H26N6OS/c1-15-11-17(19-9-10-25-23(30-19)29-18-12-27-28-13-18)6-5-16(15)7-8-20(31)22-26-14-21(32-22)24(2,3)4/h5-6,9-14H,7-8H2,1-4H3,(H,27,28)(H,25,29,30). The summed E-state index contributed by atoms with van der Waals surface area (Å²) in [4.78, 5) is 27.0. The van der Waals surface area contributed by atoms with Crippen molar-refractivity contribution in [1.29, 1.82) is 0 Å². The fraction of sp³-hybridized carbons (Fsp3) is 0.292. The quantitative estimate of drug-likeness (QED) is 0.365. The summed E-state index contributed by atoms with van der Waals surface area (Å²) >= 11 is 1.50. The lowest BCUT2D eigenvalue weighted by molar-refractivity contribution is 0.0982. The van der Waals surface area contributed by atoms with Gasteiger partial charge in [-0.2, -0.15) is 5.10 Å². The first-order chi connectivity index (χ1) is 15.3. The van der Waals surface area contributed by atoms with Gasteiger partial charge >= 0.3 is 0 Å². The smallest absolute Gasteiger partial charge is 0.227 e. The molecule has 0 aliphatic rings. The number of nitrogens with zero attached hydrogens (tertiary/aromatic N) is 4. The monoisotopic (exact) mass is 446 g/mol. The van der Waals surface area contributed by atoms with E-state index in [0.717, 1.165) is 32.9 Å². The van der Waals surface area contributed by atoms with Crippen molar-refractivity contribution in [3.05, 3.63) is 70.1 Å². The van der Waals surface area contributed by atoms with Crippen LogP contribution in [0.15, 0.2) is 49.1 Å². The Bertz CT molecular complexity index is 1220. The molecule has 0 saturated carbocycles. The summed E-state index contributed by atoms with van der Waals surface area (Å²) in [5.74, 6) is 0.606. The Balaban J connectivity index is 1.43. The van der Waals surface area contributed by atoms with Crippen LogP contribution in [0.3, 0.4) is 0 Å². The van der Waals surface area contributed by atoms with Gasteiger partial charge in [-0.15, -0.1) is 11.3 Å². The average molecular weight is 447 g/mol. The predicted octanol–water partition coefficient (Wildman–Crippen LogP) is 5.49. The van der Waals surface area contributed by atoms with E-state index in [-0.39, 0.29) is 11.2 Å². The molecule has 7 nitrogen and oxygen atoms in total.